The van der Waals surface area contributed by atoms with Crippen molar-refractivity contribution in [3.05, 3.63) is 36.2 Å². The molecule has 20 heavy (non-hydrogen) atoms. The molecule has 1 N–H and O–H groups in total. The molecular weight excluding hydrogens is 260 g/mol. The number of aromatic carboxylic acids is 1. The molecule has 2 amide bonds. The van der Waals surface area contributed by atoms with Gasteiger partial charge in [-0.25, -0.2) is 14.7 Å². The van der Waals surface area contributed by atoms with Crippen molar-refractivity contribution in [2.75, 3.05) is 4.90 Å². The molecule has 0 bridgehead atoms. The van der Waals surface area contributed by atoms with Gasteiger partial charge in [0.05, 0.1) is 17.5 Å². The molecule has 1 aromatic heterocycles. The standard InChI is InChI=1S/C14H12N2O4/c17-12-8-4-1-2-5-9(8)13(18)16(12)10-6-3-7-15-11(10)14(19)20/h1-3,6-9H,4-5H2,(H,19,20). The fourth-order valence-corrected chi connectivity index (χ4v) is 2.78. The average molecular weight is 272 g/mol. The SMILES string of the molecule is O=C(O)c1ncccc1N1C(=O)C2CC=CCC2C1=O. The molecule has 102 valence electrons. The number of aromatic nitrogens is 1. The largest absolute Gasteiger partial charge is 0.476 e. The van der Waals surface area contributed by atoms with Gasteiger partial charge in [0.25, 0.3) is 0 Å². The topological polar surface area (TPSA) is 87.6 Å². The molecule has 1 aliphatic carbocycles. The highest BCUT2D eigenvalue weighted by Gasteiger charge is 2.48. The number of nitrogens with zero attached hydrogens (tertiary/aromatic N) is 2. The molecule has 3 rings (SSSR count). The summed E-state index contributed by atoms with van der Waals surface area (Å²) in [6.07, 6.45) is 6.14. The Labute approximate surface area is 114 Å². The van der Waals surface area contributed by atoms with Crippen LogP contribution in [0.1, 0.15) is 23.3 Å². The van der Waals surface area contributed by atoms with Gasteiger partial charge in [-0.1, -0.05) is 12.2 Å². The predicted molar refractivity (Wildman–Crippen MR) is 69.0 cm³/mol. The smallest absolute Gasteiger partial charge is 0.356 e. The second-order valence-corrected chi connectivity index (χ2v) is 4.84. The van der Waals surface area contributed by atoms with Gasteiger partial charge < -0.3 is 5.11 Å². The Morgan fingerprint density at radius 3 is 2.35 bits per heavy atom. The number of pyridine rings is 1. The maximum absolute atomic E-state index is 12.4. The highest BCUT2D eigenvalue weighted by Crippen LogP contribution is 2.38. The summed E-state index contributed by atoms with van der Waals surface area (Å²) >= 11 is 0. The second kappa shape index (κ2) is 4.56. The van der Waals surface area contributed by atoms with Crippen LogP contribution in [0, 0.1) is 11.8 Å². The van der Waals surface area contributed by atoms with Gasteiger partial charge in [-0.3, -0.25) is 9.59 Å². The highest BCUT2D eigenvalue weighted by atomic mass is 16.4. The van der Waals surface area contributed by atoms with Crippen LogP contribution in [0.25, 0.3) is 0 Å². The minimum absolute atomic E-state index is 0.0596. The zero-order valence-corrected chi connectivity index (χ0v) is 10.5. The zero-order valence-electron chi connectivity index (χ0n) is 10.5. The first-order chi connectivity index (χ1) is 9.61. The summed E-state index contributed by atoms with van der Waals surface area (Å²) in [7, 11) is 0. The molecular formula is C14H12N2O4. The number of carbonyl (C=O) groups excluding carboxylic acids is 2. The van der Waals surface area contributed by atoms with Gasteiger partial charge in [0.2, 0.25) is 11.8 Å². The molecule has 2 unspecified atom stereocenters. The third kappa shape index (κ3) is 1.72. The van der Waals surface area contributed by atoms with Crippen LogP contribution in [0.15, 0.2) is 30.5 Å². The molecule has 2 atom stereocenters. The van der Waals surface area contributed by atoms with Crippen LogP contribution in [0.2, 0.25) is 0 Å². The maximum atomic E-state index is 12.4. The molecule has 0 spiro atoms. The number of anilines is 1. The van der Waals surface area contributed by atoms with Crippen molar-refractivity contribution in [1.29, 1.82) is 0 Å². The lowest BCUT2D eigenvalue weighted by molar-refractivity contribution is -0.122. The second-order valence-electron chi connectivity index (χ2n) is 4.84. The van der Waals surface area contributed by atoms with E-state index >= 15 is 0 Å². The Hall–Kier alpha value is -2.50. The molecule has 6 nitrogen and oxygen atoms in total. The van der Waals surface area contributed by atoms with E-state index in [4.69, 9.17) is 5.11 Å². The highest BCUT2D eigenvalue weighted by molar-refractivity contribution is 6.23. The summed E-state index contributed by atoms with van der Waals surface area (Å²) in [4.78, 5) is 40.7. The molecule has 2 aliphatic rings. The van der Waals surface area contributed by atoms with Crippen LogP contribution < -0.4 is 4.90 Å². The number of hydrogen-bond donors (Lipinski definition) is 1. The third-order valence-electron chi connectivity index (χ3n) is 3.74. The first-order valence-corrected chi connectivity index (χ1v) is 6.32. The average Bonchev–Trinajstić information content (AvgIpc) is 2.71. The van der Waals surface area contributed by atoms with Crippen LogP contribution in [0.5, 0.6) is 0 Å². The number of fused-ring (bicyclic) bond motifs is 1. The van der Waals surface area contributed by atoms with Crippen LogP contribution in [-0.4, -0.2) is 27.9 Å². The van der Waals surface area contributed by atoms with Crippen molar-refractivity contribution < 1.29 is 19.5 Å². The molecule has 1 fully saturated rings. The lowest BCUT2D eigenvalue weighted by Gasteiger charge is -2.16. The van der Waals surface area contributed by atoms with E-state index in [9.17, 15) is 14.4 Å². The van der Waals surface area contributed by atoms with Crippen LogP contribution in [0.4, 0.5) is 5.69 Å². The first-order valence-electron chi connectivity index (χ1n) is 6.32. The van der Waals surface area contributed by atoms with Crippen LogP contribution in [-0.2, 0) is 9.59 Å². The Balaban J connectivity index is 2.06. The van der Waals surface area contributed by atoms with Crippen molar-refractivity contribution in [2.24, 2.45) is 11.8 Å². The number of carboxylic acids is 1. The number of carboxylic acid groups (broad SMARTS) is 1. The van der Waals surface area contributed by atoms with Crippen LogP contribution in [0.3, 0.4) is 0 Å². The van der Waals surface area contributed by atoms with Crippen LogP contribution >= 0.6 is 0 Å². The van der Waals surface area contributed by atoms with Gasteiger partial charge in [-0.05, 0) is 25.0 Å². The minimum Gasteiger partial charge on any atom is -0.476 e. The molecule has 1 aliphatic heterocycles. The van der Waals surface area contributed by atoms with Gasteiger partial charge in [0.1, 0.15) is 0 Å². The van der Waals surface area contributed by atoms with E-state index in [0.717, 1.165) is 4.90 Å². The lowest BCUT2D eigenvalue weighted by atomic mass is 9.85. The number of rotatable bonds is 2. The Morgan fingerprint density at radius 2 is 1.80 bits per heavy atom. The Bertz CT molecular complexity index is 612. The van der Waals surface area contributed by atoms with Crippen molar-refractivity contribution in [1.82, 2.24) is 4.98 Å². The molecule has 6 heteroatoms. The molecule has 1 saturated heterocycles. The predicted octanol–water partition coefficient (Wildman–Crippen LogP) is 1.24. The van der Waals surface area contributed by atoms with E-state index in [1.54, 1.807) is 0 Å². The fourth-order valence-electron chi connectivity index (χ4n) is 2.78. The molecule has 1 aromatic rings. The van der Waals surface area contributed by atoms with Gasteiger partial charge in [-0.15, -0.1) is 0 Å². The third-order valence-corrected chi connectivity index (χ3v) is 3.74. The molecule has 0 aromatic carbocycles. The van der Waals surface area contributed by atoms with Gasteiger partial charge >= 0.3 is 5.97 Å². The number of carbonyl (C=O) groups is 3. The minimum atomic E-state index is -1.26. The summed E-state index contributed by atoms with van der Waals surface area (Å²) in [5, 5.41) is 9.13. The number of hydrogen-bond acceptors (Lipinski definition) is 4. The van der Waals surface area contributed by atoms with Crippen molar-refractivity contribution >= 4 is 23.5 Å². The fraction of sp³-hybridized carbons (Fsp3) is 0.286. The molecule has 2 heterocycles. The number of imide groups is 1. The quantitative estimate of drug-likeness (QED) is 0.646. The summed E-state index contributed by atoms with van der Waals surface area (Å²) < 4.78 is 0. The summed E-state index contributed by atoms with van der Waals surface area (Å²) in [5.74, 6) is -2.68. The lowest BCUT2D eigenvalue weighted by Crippen LogP contribution is -2.32. The van der Waals surface area contributed by atoms with Crippen molar-refractivity contribution in [3.63, 3.8) is 0 Å². The Kier molecular flexibility index (Phi) is 2.85. The maximum Gasteiger partial charge on any atom is 0.356 e. The van der Waals surface area contributed by atoms with E-state index in [0.29, 0.717) is 12.8 Å². The first kappa shape index (κ1) is 12.5. The van der Waals surface area contributed by atoms with E-state index in [1.807, 2.05) is 12.2 Å². The number of amides is 2. The van der Waals surface area contributed by atoms with Gasteiger partial charge in [-0.2, -0.15) is 0 Å². The summed E-state index contributed by atoms with van der Waals surface area (Å²) in [6, 6.07) is 2.96. The van der Waals surface area contributed by atoms with E-state index in [-0.39, 0.29) is 35.0 Å². The molecule has 0 saturated carbocycles. The van der Waals surface area contributed by atoms with E-state index in [1.165, 1.54) is 18.3 Å². The summed E-state index contributed by atoms with van der Waals surface area (Å²) in [5.41, 5.74) is -0.217. The number of allylic oxidation sites excluding steroid dienone is 2. The van der Waals surface area contributed by atoms with Crippen molar-refractivity contribution in [3.8, 4) is 0 Å². The Morgan fingerprint density at radius 1 is 1.20 bits per heavy atom. The zero-order chi connectivity index (χ0) is 14.3. The van der Waals surface area contributed by atoms with E-state index in [2.05, 4.69) is 4.98 Å². The van der Waals surface area contributed by atoms with E-state index < -0.39 is 5.97 Å². The monoisotopic (exact) mass is 272 g/mol. The summed E-state index contributed by atoms with van der Waals surface area (Å²) in [6.45, 7) is 0. The van der Waals surface area contributed by atoms with Gasteiger partial charge in [0, 0.05) is 6.20 Å². The normalized spacial score (nSPS) is 24.9. The van der Waals surface area contributed by atoms with Gasteiger partial charge in [0.15, 0.2) is 5.69 Å². The molecule has 0 radical (unpaired) electrons. The van der Waals surface area contributed by atoms with Crippen molar-refractivity contribution in [2.45, 2.75) is 12.8 Å².